The molecule has 0 fully saturated rings. The van der Waals surface area contributed by atoms with Gasteiger partial charge in [-0.3, -0.25) is 19.6 Å². The van der Waals surface area contributed by atoms with Crippen LogP contribution in [0, 0.1) is 0 Å². The van der Waals surface area contributed by atoms with Gasteiger partial charge >= 0.3 is 11.9 Å². The second-order valence-corrected chi connectivity index (χ2v) is 6.41. The third kappa shape index (κ3) is 13.7. The van der Waals surface area contributed by atoms with Crippen molar-refractivity contribution in [2.24, 2.45) is 0 Å². The van der Waals surface area contributed by atoms with E-state index in [9.17, 15) is 19.2 Å². The van der Waals surface area contributed by atoms with Gasteiger partial charge in [0.25, 0.3) is 11.8 Å². The van der Waals surface area contributed by atoms with E-state index in [1.165, 1.54) is 0 Å². The number of rotatable bonds is 12. The van der Waals surface area contributed by atoms with Crippen molar-refractivity contribution in [3.05, 3.63) is 72.3 Å². The van der Waals surface area contributed by atoms with Crippen molar-refractivity contribution in [3.63, 3.8) is 0 Å². The van der Waals surface area contributed by atoms with Gasteiger partial charge in [-0.2, -0.15) is 0 Å². The highest BCUT2D eigenvalue weighted by molar-refractivity contribution is 5.92. The van der Waals surface area contributed by atoms with E-state index in [1.807, 2.05) is 0 Å². The smallest absolute Gasteiger partial charge is 0.328 e. The van der Waals surface area contributed by atoms with Crippen LogP contribution in [0.3, 0.4) is 0 Å². The van der Waals surface area contributed by atoms with Gasteiger partial charge in [0.1, 0.15) is 11.4 Å². The number of nitrogens with zero attached hydrogens (tertiary/aromatic N) is 2. The standard InChI is InChI=1S/C18H23N5O2.C4H4O4/c24-17(15-7-1-3-11-20-15)22-13-5-9-19-10-6-14-23-18(25)16-8-2-4-12-21-16;5-3(6)1-2-4(7)8/h1-4,7-8,11-12,19H,5-6,9-10,13-14H2,(H,22,24)(H,23,25);1-2H,(H,5,6)(H,7,8)/b;2-1+. The average Bonchev–Trinajstić information content (AvgIpc) is 2.83. The lowest BCUT2D eigenvalue weighted by atomic mass is 10.3. The fourth-order valence-electron chi connectivity index (χ4n) is 2.27. The maximum absolute atomic E-state index is 11.8. The summed E-state index contributed by atoms with van der Waals surface area (Å²) in [6.07, 6.45) is 5.98. The summed E-state index contributed by atoms with van der Waals surface area (Å²) in [5, 5.41) is 24.6. The van der Waals surface area contributed by atoms with Crippen LogP contribution in [0.2, 0.25) is 0 Å². The molecule has 0 atom stereocenters. The van der Waals surface area contributed by atoms with E-state index < -0.39 is 11.9 Å². The van der Waals surface area contributed by atoms with Crippen LogP contribution in [0.5, 0.6) is 0 Å². The number of hydrogen-bond acceptors (Lipinski definition) is 7. The van der Waals surface area contributed by atoms with E-state index in [4.69, 9.17) is 10.2 Å². The van der Waals surface area contributed by atoms with Crippen molar-refractivity contribution in [1.82, 2.24) is 25.9 Å². The molecule has 0 radical (unpaired) electrons. The number of carbonyl (C=O) groups is 4. The maximum Gasteiger partial charge on any atom is 0.328 e. The Labute approximate surface area is 191 Å². The van der Waals surface area contributed by atoms with E-state index in [0.717, 1.165) is 25.9 Å². The Kier molecular flexibility index (Phi) is 13.5. The molecule has 0 spiro atoms. The van der Waals surface area contributed by atoms with Gasteiger partial charge in [-0.05, 0) is 50.2 Å². The Bertz CT molecular complexity index is 833. The molecular weight excluding hydrogens is 430 g/mol. The SMILES string of the molecule is O=C(NCCCNCCCNC(=O)c1ccccn1)c1ccccn1.O=C(O)/C=C/C(=O)O. The minimum Gasteiger partial charge on any atom is -0.478 e. The lowest BCUT2D eigenvalue weighted by Gasteiger charge is -2.07. The monoisotopic (exact) mass is 457 g/mol. The summed E-state index contributed by atoms with van der Waals surface area (Å²) in [5.41, 5.74) is 0.859. The second kappa shape index (κ2) is 16.6. The highest BCUT2D eigenvalue weighted by Crippen LogP contribution is 1.93. The molecule has 2 aromatic rings. The number of aromatic nitrogens is 2. The van der Waals surface area contributed by atoms with E-state index in [2.05, 4.69) is 25.9 Å². The van der Waals surface area contributed by atoms with Crippen LogP contribution in [0.15, 0.2) is 60.9 Å². The molecule has 0 unspecified atom stereocenters. The van der Waals surface area contributed by atoms with E-state index >= 15 is 0 Å². The first kappa shape index (κ1) is 26.9. The van der Waals surface area contributed by atoms with Crippen molar-refractivity contribution in [2.75, 3.05) is 26.2 Å². The van der Waals surface area contributed by atoms with E-state index in [1.54, 1.807) is 48.8 Å². The van der Waals surface area contributed by atoms with Gasteiger partial charge in [0.15, 0.2) is 0 Å². The molecule has 11 heteroatoms. The average molecular weight is 457 g/mol. The van der Waals surface area contributed by atoms with Gasteiger partial charge in [0, 0.05) is 37.6 Å². The van der Waals surface area contributed by atoms with Gasteiger partial charge in [0.05, 0.1) is 0 Å². The Morgan fingerprint density at radius 3 is 1.45 bits per heavy atom. The number of carbonyl (C=O) groups excluding carboxylic acids is 2. The lowest BCUT2D eigenvalue weighted by Crippen LogP contribution is -2.30. The van der Waals surface area contributed by atoms with Gasteiger partial charge in [0.2, 0.25) is 0 Å². The summed E-state index contributed by atoms with van der Waals surface area (Å²) in [6, 6.07) is 10.5. The molecule has 2 rings (SSSR count). The highest BCUT2D eigenvalue weighted by Gasteiger charge is 2.05. The van der Waals surface area contributed by atoms with Crippen molar-refractivity contribution in [1.29, 1.82) is 0 Å². The van der Waals surface area contributed by atoms with Crippen molar-refractivity contribution < 1.29 is 29.4 Å². The number of nitrogens with one attached hydrogen (secondary N) is 3. The summed E-state index contributed by atoms with van der Waals surface area (Å²) >= 11 is 0. The first-order chi connectivity index (χ1) is 15.9. The highest BCUT2D eigenvalue weighted by atomic mass is 16.4. The predicted octanol–water partition coefficient (Wildman–Crippen LogP) is 0.718. The Morgan fingerprint density at radius 1 is 0.697 bits per heavy atom. The van der Waals surface area contributed by atoms with Crippen LogP contribution in [0.1, 0.15) is 33.8 Å². The molecule has 11 nitrogen and oxygen atoms in total. The Hall–Kier alpha value is -4.12. The number of hydrogen-bond donors (Lipinski definition) is 5. The number of amides is 2. The second-order valence-electron chi connectivity index (χ2n) is 6.41. The fraction of sp³-hybridized carbons (Fsp3) is 0.273. The molecule has 176 valence electrons. The third-order valence-corrected chi connectivity index (χ3v) is 3.80. The number of pyridine rings is 2. The predicted molar refractivity (Wildman–Crippen MR) is 120 cm³/mol. The quantitative estimate of drug-likeness (QED) is 0.227. The van der Waals surface area contributed by atoms with Crippen LogP contribution in [-0.2, 0) is 9.59 Å². The molecule has 0 saturated carbocycles. The van der Waals surface area contributed by atoms with Crippen molar-refractivity contribution in [2.45, 2.75) is 12.8 Å². The van der Waals surface area contributed by atoms with E-state index in [0.29, 0.717) is 36.6 Å². The van der Waals surface area contributed by atoms with Crippen LogP contribution in [0.25, 0.3) is 0 Å². The summed E-state index contributed by atoms with van der Waals surface area (Å²) < 4.78 is 0. The summed E-state index contributed by atoms with van der Waals surface area (Å²) in [4.78, 5) is 50.6. The van der Waals surface area contributed by atoms with Gasteiger partial charge in [-0.25, -0.2) is 9.59 Å². The fourth-order valence-corrected chi connectivity index (χ4v) is 2.27. The summed E-state index contributed by atoms with van der Waals surface area (Å²) in [5.74, 6) is -2.82. The molecule has 0 aliphatic rings. The Morgan fingerprint density at radius 2 is 1.12 bits per heavy atom. The first-order valence-corrected chi connectivity index (χ1v) is 10.1. The van der Waals surface area contributed by atoms with Gasteiger partial charge in [-0.1, -0.05) is 12.1 Å². The van der Waals surface area contributed by atoms with Gasteiger partial charge < -0.3 is 26.2 Å². The van der Waals surface area contributed by atoms with Crippen molar-refractivity contribution >= 4 is 23.8 Å². The Balaban J connectivity index is 0.000000582. The van der Waals surface area contributed by atoms with Crippen LogP contribution in [-0.4, -0.2) is 70.1 Å². The molecule has 0 aliphatic heterocycles. The number of carboxylic acid groups (broad SMARTS) is 2. The molecule has 33 heavy (non-hydrogen) atoms. The molecular formula is C22H27N5O6. The number of carboxylic acids is 2. The molecule has 2 amide bonds. The largest absolute Gasteiger partial charge is 0.478 e. The maximum atomic E-state index is 11.8. The summed E-state index contributed by atoms with van der Waals surface area (Å²) in [6.45, 7) is 2.80. The molecule has 0 bridgehead atoms. The van der Waals surface area contributed by atoms with Crippen molar-refractivity contribution in [3.8, 4) is 0 Å². The van der Waals surface area contributed by atoms with Gasteiger partial charge in [-0.15, -0.1) is 0 Å². The zero-order valence-electron chi connectivity index (χ0n) is 17.9. The topological polar surface area (TPSA) is 171 Å². The third-order valence-electron chi connectivity index (χ3n) is 3.80. The molecule has 0 aromatic carbocycles. The van der Waals surface area contributed by atoms with Crippen LogP contribution in [0.4, 0.5) is 0 Å². The van der Waals surface area contributed by atoms with E-state index in [-0.39, 0.29) is 11.8 Å². The zero-order chi connectivity index (χ0) is 24.3. The van der Waals surface area contributed by atoms with Crippen LogP contribution >= 0.6 is 0 Å². The zero-order valence-corrected chi connectivity index (χ0v) is 17.9. The minimum absolute atomic E-state index is 0.155. The molecule has 2 heterocycles. The minimum atomic E-state index is -1.26. The first-order valence-electron chi connectivity index (χ1n) is 10.1. The van der Waals surface area contributed by atoms with Crippen LogP contribution < -0.4 is 16.0 Å². The lowest BCUT2D eigenvalue weighted by molar-refractivity contribution is -0.134. The molecule has 2 aromatic heterocycles. The summed E-state index contributed by atoms with van der Waals surface area (Å²) in [7, 11) is 0. The molecule has 0 saturated heterocycles. The molecule has 5 N–H and O–H groups in total. The number of aliphatic carboxylic acids is 2. The normalized spacial score (nSPS) is 10.1. The molecule has 0 aliphatic carbocycles.